The van der Waals surface area contributed by atoms with E-state index in [9.17, 15) is 18.4 Å². The third-order valence-electron chi connectivity index (χ3n) is 7.42. The lowest BCUT2D eigenvalue weighted by molar-refractivity contribution is -0.131. The van der Waals surface area contributed by atoms with Crippen molar-refractivity contribution in [2.24, 2.45) is 7.05 Å². The quantitative estimate of drug-likeness (QED) is 0.321. The van der Waals surface area contributed by atoms with Crippen LogP contribution in [-0.2, 0) is 24.8 Å². The number of piperazine rings is 1. The van der Waals surface area contributed by atoms with E-state index >= 15 is 0 Å². The van der Waals surface area contributed by atoms with Gasteiger partial charge in [-0.1, -0.05) is 12.1 Å². The molecule has 4 aromatic rings. The van der Waals surface area contributed by atoms with Crippen LogP contribution in [0.1, 0.15) is 25.0 Å². The fourth-order valence-corrected chi connectivity index (χ4v) is 5.34. The molecular formula is C30H30F2N6O3. The first-order valence-corrected chi connectivity index (χ1v) is 13.2. The van der Waals surface area contributed by atoms with Crippen molar-refractivity contribution >= 4 is 22.8 Å². The summed E-state index contributed by atoms with van der Waals surface area (Å²) >= 11 is 0. The zero-order valence-electron chi connectivity index (χ0n) is 23.1. The van der Waals surface area contributed by atoms with Crippen LogP contribution in [0.4, 0.5) is 14.7 Å². The first kappa shape index (κ1) is 27.8. The fraction of sp³-hybridized carbons (Fsp3) is 0.333. The van der Waals surface area contributed by atoms with Crippen molar-refractivity contribution in [3.63, 3.8) is 0 Å². The van der Waals surface area contributed by atoms with Gasteiger partial charge in [-0.15, -0.1) is 12.3 Å². The Kier molecular flexibility index (Phi) is 7.75. The highest BCUT2D eigenvalue weighted by Crippen LogP contribution is 2.28. The molecule has 1 aliphatic heterocycles. The summed E-state index contributed by atoms with van der Waals surface area (Å²) in [6, 6.07) is 10.3. The minimum Gasteiger partial charge on any atom is -0.434 e. The molecule has 0 unspecified atom stereocenters. The van der Waals surface area contributed by atoms with Gasteiger partial charge >= 0.3 is 6.61 Å². The molecule has 1 fully saturated rings. The summed E-state index contributed by atoms with van der Waals surface area (Å²) in [5.41, 5.74) is 3.21. The van der Waals surface area contributed by atoms with Crippen molar-refractivity contribution in [2.45, 2.75) is 39.5 Å². The number of anilines is 1. The van der Waals surface area contributed by atoms with Crippen LogP contribution in [0.5, 0.6) is 5.75 Å². The SMILES string of the molecule is C#CCc1ccc(OC(F)F)c(Cn2c3cc(-c4cnc(N5CCN(C(C)=O)[C@H](C)C5)nc4)ccc3c(=O)n2C)c1. The summed E-state index contributed by atoms with van der Waals surface area (Å²) < 4.78 is 34.2. The van der Waals surface area contributed by atoms with Gasteiger partial charge in [-0.05, 0) is 42.3 Å². The number of halogens is 2. The predicted octanol–water partition coefficient (Wildman–Crippen LogP) is 3.68. The summed E-state index contributed by atoms with van der Waals surface area (Å²) in [5.74, 6) is 3.22. The lowest BCUT2D eigenvalue weighted by atomic mass is 10.1. The van der Waals surface area contributed by atoms with E-state index in [4.69, 9.17) is 11.2 Å². The monoisotopic (exact) mass is 560 g/mol. The molecule has 2 aromatic heterocycles. The average molecular weight is 561 g/mol. The molecule has 2 aromatic carbocycles. The van der Waals surface area contributed by atoms with E-state index in [1.165, 1.54) is 10.7 Å². The minimum absolute atomic E-state index is 0.0219. The Balaban J connectivity index is 1.46. The second-order valence-electron chi connectivity index (χ2n) is 10.1. The van der Waals surface area contributed by atoms with Gasteiger partial charge in [0.15, 0.2) is 0 Å². The Morgan fingerprint density at radius 3 is 2.56 bits per heavy atom. The number of benzene rings is 2. The molecule has 0 spiro atoms. The summed E-state index contributed by atoms with van der Waals surface area (Å²) in [6.07, 6.45) is 9.24. The highest BCUT2D eigenvalue weighted by atomic mass is 19.3. The summed E-state index contributed by atoms with van der Waals surface area (Å²) in [5, 5.41) is 0.488. The molecular weight excluding hydrogens is 530 g/mol. The van der Waals surface area contributed by atoms with Crippen LogP contribution in [0.15, 0.2) is 53.6 Å². The molecule has 9 nitrogen and oxygen atoms in total. The minimum atomic E-state index is -2.99. The van der Waals surface area contributed by atoms with Crippen LogP contribution >= 0.6 is 0 Å². The number of alkyl halides is 2. The molecule has 1 aliphatic rings. The summed E-state index contributed by atoms with van der Waals surface area (Å²) in [4.78, 5) is 37.9. The molecule has 5 rings (SSSR count). The second-order valence-corrected chi connectivity index (χ2v) is 10.1. The van der Waals surface area contributed by atoms with Crippen LogP contribution in [0.2, 0.25) is 0 Å². The van der Waals surface area contributed by atoms with Crippen molar-refractivity contribution in [2.75, 3.05) is 24.5 Å². The molecule has 1 saturated heterocycles. The van der Waals surface area contributed by atoms with Crippen LogP contribution in [0.25, 0.3) is 22.0 Å². The maximum Gasteiger partial charge on any atom is 0.387 e. The number of fused-ring (bicyclic) bond motifs is 1. The predicted molar refractivity (Wildman–Crippen MR) is 152 cm³/mol. The molecule has 212 valence electrons. The van der Waals surface area contributed by atoms with Gasteiger partial charge in [-0.25, -0.2) is 9.97 Å². The second kappa shape index (κ2) is 11.4. The molecule has 41 heavy (non-hydrogen) atoms. The summed E-state index contributed by atoms with van der Waals surface area (Å²) in [6.45, 7) is 2.59. The van der Waals surface area contributed by atoms with Crippen molar-refractivity contribution in [1.29, 1.82) is 0 Å². The molecule has 0 radical (unpaired) electrons. The lowest BCUT2D eigenvalue weighted by Gasteiger charge is -2.39. The number of hydrogen-bond donors (Lipinski definition) is 0. The smallest absolute Gasteiger partial charge is 0.387 e. The molecule has 0 bridgehead atoms. The Morgan fingerprint density at radius 1 is 1.15 bits per heavy atom. The molecule has 0 aliphatic carbocycles. The topological polar surface area (TPSA) is 85.5 Å². The van der Waals surface area contributed by atoms with Crippen molar-refractivity contribution in [1.82, 2.24) is 24.2 Å². The van der Waals surface area contributed by atoms with Crippen LogP contribution in [0, 0.1) is 12.3 Å². The van der Waals surface area contributed by atoms with Crippen molar-refractivity contribution in [3.05, 3.63) is 70.3 Å². The van der Waals surface area contributed by atoms with E-state index < -0.39 is 6.61 Å². The first-order valence-electron chi connectivity index (χ1n) is 13.2. The number of rotatable bonds is 7. The van der Waals surface area contributed by atoms with Crippen LogP contribution in [-0.4, -0.2) is 62.4 Å². The van der Waals surface area contributed by atoms with Gasteiger partial charge in [0.05, 0.1) is 17.4 Å². The third kappa shape index (κ3) is 5.63. The Hall–Kier alpha value is -4.72. The molecule has 11 heteroatoms. The molecule has 0 saturated carbocycles. The Labute approximate surface area is 236 Å². The number of ether oxygens (including phenoxy) is 1. The maximum absolute atomic E-state index is 13.1. The fourth-order valence-electron chi connectivity index (χ4n) is 5.34. The van der Waals surface area contributed by atoms with E-state index in [2.05, 4.69) is 20.8 Å². The number of amides is 1. The van der Waals surface area contributed by atoms with Crippen LogP contribution in [0.3, 0.4) is 0 Å². The number of carbonyl (C=O) groups is 1. The van der Waals surface area contributed by atoms with E-state index in [1.807, 2.05) is 24.0 Å². The van der Waals surface area contributed by atoms with Crippen molar-refractivity contribution in [3.8, 4) is 29.2 Å². The van der Waals surface area contributed by atoms with Crippen molar-refractivity contribution < 1.29 is 18.3 Å². The normalized spacial score (nSPS) is 15.4. The maximum atomic E-state index is 13.1. The number of hydrogen-bond acceptors (Lipinski definition) is 6. The van der Waals surface area contributed by atoms with Gasteiger partial charge in [0, 0.05) is 69.6 Å². The number of carbonyl (C=O) groups excluding carboxylic acids is 1. The van der Waals surface area contributed by atoms with E-state index in [0.717, 1.165) is 16.7 Å². The Morgan fingerprint density at radius 2 is 1.90 bits per heavy atom. The van der Waals surface area contributed by atoms with E-state index in [-0.39, 0.29) is 29.8 Å². The van der Waals surface area contributed by atoms with Gasteiger partial charge in [0.1, 0.15) is 5.75 Å². The number of nitrogens with zero attached hydrogens (tertiary/aromatic N) is 6. The van der Waals surface area contributed by atoms with Gasteiger partial charge in [0.2, 0.25) is 11.9 Å². The zero-order chi connectivity index (χ0) is 29.3. The Bertz CT molecular complexity index is 1690. The molecule has 1 amide bonds. The number of terminal acetylenes is 1. The first-order chi connectivity index (χ1) is 19.7. The van der Waals surface area contributed by atoms with Crippen LogP contribution < -0.4 is 15.2 Å². The van der Waals surface area contributed by atoms with E-state index in [0.29, 0.717) is 48.5 Å². The average Bonchev–Trinajstić information content (AvgIpc) is 3.18. The van der Waals surface area contributed by atoms with Gasteiger partial charge in [0.25, 0.3) is 5.56 Å². The lowest BCUT2D eigenvalue weighted by Crippen LogP contribution is -2.53. The molecule has 0 N–H and O–H groups in total. The standard InChI is InChI=1S/C30H30F2N6O3/c1-5-6-21-7-10-27(41-29(31)32)23(13-21)18-38-26-14-22(8-9-25(26)28(40)35(38)4)24-15-33-30(34-16-24)36-11-12-37(20(3)39)19(2)17-36/h1,7-10,13-16,19,29H,6,11-12,17-18H2,2-4H3/t19-/m1/s1. The highest BCUT2D eigenvalue weighted by Gasteiger charge is 2.26. The zero-order valence-corrected chi connectivity index (χ0v) is 23.1. The molecule has 3 heterocycles. The van der Waals surface area contributed by atoms with Gasteiger partial charge in [-0.2, -0.15) is 8.78 Å². The third-order valence-corrected chi connectivity index (χ3v) is 7.42. The highest BCUT2D eigenvalue weighted by molar-refractivity contribution is 5.84. The summed E-state index contributed by atoms with van der Waals surface area (Å²) in [7, 11) is 1.63. The van der Waals surface area contributed by atoms with Gasteiger partial charge < -0.3 is 14.5 Å². The largest absolute Gasteiger partial charge is 0.434 e. The van der Waals surface area contributed by atoms with E-state index in [1.54, 1.807) is 49.2 Å². The molecule has 1 atom stereocenters. The number of aromatic nitrogens is 4. The van der Waals surface area contributed by atoms with Gasteiger partial charge in [-0.3, -0.25) is 19.0 Å².